The van der Waals surface area contributed by atoms with Crippen LogP contribution in [0.1, 0.15) is 38.2 Å². The van der Waals surface area contributed by atoms with Gasteiger partial charge in [-0.15, -0.1) is 0 Å². The second-order valence-electron chi connectivity index (χ2n) is 7.52. The average molecular weight is 345 g/mol. The minimum atomic E-state index is -1.61. The Morgan fingerprint density at radius 3 is 2.42 bits per heavy atom. The molecule has 0 heterocycles. The zero-order chi connectivity index (χ0) is 17.8. The van der Waals surface area contributed by atoms with Crippen LogP contribution in [0.4, 0.5) is 0 Å². The highest BCUT2D eigenvalue weighted by molar-refractivity contribution is 6.93. The van der Waals surface area contributed by atoms with E-state index in [2.05, 4.69) is 37.8 Å². The molecule has 24 heavy (non-hydrogen) atoms. The summed E-state index contributed by atoms with van der Waals surface area (Å²) >= 11 is 0. The zero-order valence-electron chi connectivity index (χ0n) is 15.2. The summed E-state index contributed by atoms with van der Waals surface area (Å²) in [6, 6.07) is 10.3. The smallest absolute Gasteiger partial charge is 0.319 e. The van der Waals surface area contributed by atoms with Crippen molar-refractivity contribution in [3.05, 3.63) is 42.0 Å². The Bertz CT molecular complexity index is 628. The molecule has 1 atom stereocenters. The molecule has 1 aromatic carbocycles. The molecule has 0 N–H and O–H groups in total. The lowest BCUT2D eigenvalue weighted by atomic mass is 9.81. The number of carbonyl (C=O) groups excluding carboxylic acids is 2. The van der Waals surface area contributed by atoms with Gasteiger partial charge in [-0.1, -0.05) is 61.2 Å². The number of Topliss-reactive ketones (excluding diaryl/α,β-unsaturated/α-hetero) is 1. The van der Waals surface area contributed by atoms with Crippen molar-refractivity contribution in [2.24, 2.45) is 5.41 Å². The standard InChI is InChI=1S/C20H28O3Si/c1-5-23-19(22)20(14-9-12-18(20)21)15-13-17(24(2,3)4)16-10-7-6-8-11-16/h6-8,10-11,13H,5,9,12,14-15H2,1-4H3/b17-13+. The molecule has 0 spiro atoms. The highest BCUT2D eigenvalue weighted by atomic mass is 28.3. The Morgan fingerprint density at radius 2 is 1.92 bits per heavy atom. The van der Waals surface area contributed by atoms with Gasteiger partial charge in [0.15, 0.2) is 5.78 Å². The number of esters is 1. The Hall–Kier alpha value is -1.68. The van der Waals surface area contributed by atoms with Crippen LogP contribution in [0, 0.1) is 5.41 Å². The molecule has 1 unspecified atom stereocenters. The quantitative estimate of drug-likeness (QED) is 0.429. The third-order valence-corrected chi connectivity index (χ3v) is 6.86. The normalized spacial score (nSPS) is 21.8. The van der Waals surface area contributed by atoms with Crippen LogP contribution < -0.4 is 0 Å². The van der Waals surface area contributed by atoms with Gasteiger partial charge in [0.05, 0.1) is 14.7 Å². The molecule has 4 heteroatoms. The third-order valence-electron chi connectivity index (χ3n) is 4.75. The second-order valence-corrected chi connectivity index (χ2v) is 12.6. The molecular weight excluding hydrogens is 316 g/mol. The number of allylic oxidation sites excluding steroid dienone is 1. The summed E-state index contributed by atoms with van der Waals surface area (Å²) in [6.07, 6.45) is 4.47. The number of hydrogen-bond donors (Lipinski definition) is 0. The number of ketones is 1. The van der Waals surface area contributed by atoms with Crippen LogP contribution in [0.15, 0.2) is 36.4 Å². The molecule has 1 aliphatic rings. The molecule has 1 saturated carbocycles. The lowest BCUT2D eigenvalue weighted by Gasteiger charge is -2.26. The fourth-order valence-electron chi connectivity index (χ4n) is 3.46. The van der Waals surface area contributed by atoms with Gasteiger partial charge in [0.2, 0.25) is 0 Å². The maximum atomic E-state index is 12.5. The summed E-state index contributed by atoms with van der Waals surface area (Å²) in [5.74, 6) is -0.299. The lowest BCUT2D eigenvalue weighted by molar-refractivity contribution is -0.158. The monoisotopic (exact) mass is 344 g/mol. The number of rotatable bonds is 6. The minimum absolute atomic E-state index is 0.0418. The molecular formula is C20H28O3Si. The van der Waals surface area contributed by atoms with Crippen LogP contribution in [0.2, 0.25) is 19.6 Å². The van der Waals surface area contributed by atoms with Gasteiger partial charge in [-0.25, -0.2) is 0 Å². The van der Waals surface area contributed by atoms with E-state index in [-0.39, 0.29) is 11.8 Å². The maximum absolute atomic E-state index is 12.5. The predicted octanol–water partition coefficient (Wildman–Crippen LogP) is 4.64. The SMILES string of the molecule is CCOC(=O)C1(C/C=C(\c2ccccc2)[Si](C)(C)C)CCCC1=O. The Balaban J connectivity index is 2.38. The maximum Gasteiger partial charge on any atom is 0.319 e. The van der Waals surface area contributed by atoms with Crippen LogP contribution in [-0.4, -0.2) is 26.4 Å². The van der Waals surface area contributed by atoms with Crippen molar-refractivity contribution in [2.45, 2.75) is 52.2 Å². The summed E-state index contributed by atoms with van der Waals surface area (Å²) in [7, 11) is -1.61. The van der Waals surface area contributed by atoms with Gasteiger partial charge in [-0.05, 0) is 31.7 Å². The summed E-state index contributed by atoms with van der Waals surface area (Å²) < 4.78 is 5.25. The number of carbonyl (C=O) groups is 2. The van der Waals surface area contributed by atoms with Crippen molar-refractivity contribution in [1.82, 2.24) is 0 Å². The van der Waals surface area contributed by atoms with Gasteiger partial charge in [0.25, 0.3) is 0 Å². The van der Waals surface area contributed by atoms with Crippen LogP contribution in [0.5, 0.6) is 0 Å². The Kier molecular flexibility index (Phi) is 5.81. The van der Waals surface area contributed by atoms with Crippen molar-refractivity contribution in [3.63, 3.8) is 0 Å². The van der Waals surface area contributed by atoms with Crippen molar-refractivity contribution in [2.75, 3.05) is 6.61 Å². The van der Waals surface area contributed by atoms with Crippen LogP contribution in [0.25, 0.3) is 5.20 Å². The van der Waals surface area contributed by atoms with Crippen LogP contribution in [0.3, 0.4) is 0 Å². The lowest BCUT2D eigenvalue weighted by Crippen LogP contribution is -2.37. The molecule has 0 aliphatic heterocycles. The van der Waals surface area contributed by atoms with Crippen molar-refractivity contribution in [1.29, 1.82) is 0 Å². The molecule has 0 radical (unpaired) electrons. The first-order valence-electron chi connectivity index (χ1n) is 8.78. The van der Waals surface area contributed by atoms with Gasteiger partial charge < -0.3 is 4.74 Å². The average Bonchev–Trinajstić information content (AvgIpc) is 2.89. The van der Waals surface area contributed by atoms with Gasteiger partial charge in [-0.3, -0.25) is 9.59 Å². The van der Waals surface area contributed by atoms with Gasteiger partial charge in [0.1, 0.15) is 5.41 Å². The van der Waals surface area contributed by atoms with E-state index >= 15 is 0 Å². The summed E-state index contributed by atoms with van der Waals surface area (Å²) in [5, 5.41) is 1.30. The highest BCUT2D eigenvalue weighted by Gasteiger charge is 2.49. The van der Waals surface area contributed by atoms with E-state index in [0.717, 1.165) is 6.42 Å². The second kappa shape index (κ2) is 7.47. The number of benzene rings is 1. The van der Waals surface area contributed by atoms with E-state index in [4.69, 9.17) is 4.74 Å². The molecule has 1 aromatic rings. The van der Waals surface area contributed by atoms with E-state index in [9.17, 15) is 9.59 Å². The molecule has 1 aliphatic carbocycles. The predicted molar refractivity (Wildman–Crippen MR) is 100 cm³/mol. The Morgan fingerprint density at radius 1 is 1.25 bits per heavy atom. The first-order valence-corrected chi connectivity index (χ1v) is 12.3. The van der Waals surface area contributed by atoms with E-state index in [0.29, 0.717) is 25.9 Å². The highest BCUT2D eigenvalue weighted by Crippen LogP contribution is 2.41. The first-order chi connectivity index (χ1) is 11.3. The number of hydrogen-bond acceptors (Lipinski definition) is 3. The summed E-state index contributed by atoms with van der Waals surface area (Å²) in [6.45, 7) is 8.98. The van der Waals surface area contributed by atoms with Crippen molar-refractivity contribution >= 4 is 25.0 Å². The fourth-order valence-corrected chi connectivity index (χ4v) is 5.21. The van der Waals surface area contributed by atoms with Gasteiger partial charge in [0, 0.05) is 6.42 Å². The molecule has 130 valence electrons. The van der Waals surface area contributed by atoms with E-state index in [1.807, 2.05) is 18.2 Å². The van der Waals surface area contributed by atoms with Gasteiger partial charge in [-0.2, -0.15) is 0 Å². The van der Waals surface area contributed by atoms with Crippen molar-refractivity contribution in [3.8, 4) is 0 Å². The summed E-state index contributed by atoms with van der Waals surface area (Å²) in [4.78, 5) is 25.0. The first kappa shape index (κ1) is 18.7. The van der Waals surface area contributed by atoms with Crippen molar-refractivity contribution < 1.29 is 14.3 Å². The van der Waals surface area contributed by atoms with E-state index in [1.165, 1.54) is 10.8 Å². The van der Waals surface area contributed by atoms with E-state index in [1.54, 1.807) is 6.92 Å². The molecule has 0 aromatic heterocycles. The largest absolute Gasteiger partial charge is 0.465 e. The fraction of sp³-hybridized carbons (Fsp3) is 0.500. The molecule has 0 bridgehead atoms. The van der Waals surface area contributed by atoms with Crippen LogP contribution in [-0.2, 0) is 14.3 Å². The molecule has 1 fully saturated rings. The molecule has 2 rings (SSSR count). The third kappa shape index (κ3) is 3.86. The van der Waals surface area contributed by atoms with E-state index < -0.39 is 13.5 Å². The molecule has 3 nitrogen and oxygen atoms in total. The minimum Gasteiger partial charge on any atom is -0.465 e. The Labute approximate surface area is 146 Å². The molecule has 0 saturated heterocycles. The topological polar surface area (TPSA) is 43.4 Å². The summed E-state index contributed by atoms with van der Waals surface area (Å²) in [5.41, 5.74) is 0.233. The zero-order valence-corrected chi connectivity index (χ0v) is 16.2. The van der Waals surface area contributed by atoms with Crippen LogP contribution >= 0.6 is 0 Å². The number of ether oxygens (including phenoxy) is 1. The van der Waals surface area contributed by atoms with Gasteiger partial charge >= 0.3 is 5.97 Å². The molecule has 0 amide bonds.